The number of hydrogen-bond donors (Lipinski definition) is 1. The zero-order valence-corrected chi connectivity index (χ0v) is 14.1. The van der Waals surface area contributed by atoms with E-state index in [1.54, 1.807) is 0 Å². The maximum Gasteiger partial charge on any atom is 0.0400 e. The minimum Gasteiger partial charge on any atom is -0.370 e. The topological polar surface area (TPSA) is 32.5 Å². The van der Waals surface area contributed by atoms with Gasteiger partial charge in [0, 0.05) is 30.9 Å². The predicted octanol–water partition coefficient (Wildman–Crippen LogP) is 2.81. The van der Waals surface area contributed by atoms with Crippen LogP contribution in [0.15, 0.2) is 18.2 Å². The number of hydrogen-bond acceptors (Lipinski definition) is 3. The molecule has 0 bridgehead atoms. The van der Waals surface area contributed by atoms with Crippen LogP contribution in [0, 0.1) is 6.92 Å². The SMILES string of the molecule is CCC(N)Cc1cc(C)ccc1N1CCCC(N(C)C)C1. The molecule has 118 valence electrons. The molecule has 0 aromatic heterocycles. The molecular weight excluding hydrogens is 258 g/mol. The standard InChI is InChI=1S/C18H31N3/c1-5-16(19)12-15-11-14(2)8-9-18(15)21-10-6-7-17(13-21)20(3)4/h8-9,11,16-17H,5-7,10,12-13,19H2,1-4H3. The molecule has 2 atom stereocenters. The fraction of sp³-hybridized carbons (Fsp3) is 0.667. The fourth-order valence-corrected chi connectivity index (χ4v) is 3.21. The lowest BCUT2D eigenvalue weighted by atomic mass is 9.97. The van der Waals surface area contributed by atoms with E-state index >= 15 is 0 Å². The lowest BCUT2D eigenvalue weighted by Gasteiger charge is -2.38. The molecule has 3 nitrogen and oxygen atoms in total. The summed E-state index contributed by atoms with van der Waals surface area (Å²) in [7, 11) is 4.38. The highest BCUT2D eigenvalue weighted by atomic mass is 15.2. The molecule has 3 heteroatoms. The van der Waals surface area contributed by atoms with E-state index in [0.29, 0.717) is 6.04 Å². The van der Waals surface area contributed by atoms with Gasteiger partial charge in [0.2, 0.25) is 0 Å². The molecule has 2 rings (SSSR count). The highest BCUT2D eigenvalue weighted by Crippen LogP contribution is 2.27. The lowest BCUT2D eigenvalue weighted by molar-refractivity contribution is 0.258. The Hall–Kier alpha value is -1.06. The number of aryl methyl sites for hydroxylation is 1. The Morgan fingerprint density at radius 2 is 2.14 bits per heavy atom. The van der Waals surface area contributed by atoms with E-state index < -0.39 is 0 Å². The number of nitrogens with zero attached hydrogens (tertiary/aromatic N) is 2. The minimum atomic E-state index is 0.264. The Kier molecular flexibility index (Phi) is 5.65. The van der Waals surface area contributed by atoms with Crippen LogP contribution in [0.25, 0.3) is 0 Å². The van der Waals surface area contributed by atoms with Crippen LogP contribution >= 0.6 is 0 Å². The van der Waals surface area contributed by atoms with Crippen molar-refractivity contribution in [3.8, 4) is 0 Å². The molecule has 1 heterocycles. The van der Waals surface area contributed by atoms with Crippen molar-refractivity contribution in [3.63, 3.8) is 0 Å². The highest BCUT2D eigenvalue weighted by molar-refractivity contribution is 5.56. The normalized spacial score (nSPS) is 20.9. The maximum absolute atomic E-state index is 6.20. The van der Waals surface area contributed by atoms with E-state index in [0.717, 1.165) is 19.4 Å². The van der Waals surface area contributed by atoms with Crippen molar-refractivity contribution in [2.45, 2.75) is 51.6 Å². The molecule has 1 aliphatic rings. The molecule has 21 heavy (non-hydrogen) atoms. The van der Waals surface area contributed by atoms with Crippen LogP contribution in [0.4, 0.5) is 5.69 Å². The molecule has 1 fully saturated rings. The van der Waals surface area contributed by atoms with Gasteiger partial charge in [-0.25, -0.2) is 0 Å². The van der Waals surface area contributed by atoms with Crippen LogP contribution in [0.2, 0.25) is 0 Å². The summed E-state index contributed by atoms with van der Waals surface area (Å²) < 4.78 is 0. The Morgan fingerprint density at radius 3 is 2.81 bits per heavy atom. The van der Waals surface area contributed by atoms with Gasteiger partial charge in [0.25, 0.3) is 0 Å². The zero-order valence-electron chi connectivity index (χ0n) is 14.1. The molecule has 0 spiro atoms. The van der Waals surface area contributed by atoms with Gasteiger partial charge >= 0.3 is 0 Å². The average molecular weight is 289 g/mol. The summed E-state index contributed by atoms with van der Waals surface area (Å²) in [5.74, 6) is 0. The van der Waals surface area contributed by atoms with Gasteiger partial charge in [-0.1, -0.05) is 24.6 Å². The highest BCUT2D eigenvalue weighted by Gasteiger charge is 2.23. The van der Waals surface area contributed by atoms with Crippen molar-refractivity contribution in [3.05, 3.63) is 29.3 Å². The summed E-state index contributed by atoms with van der Waals surface area (Å²) in [5, 5.41) is 0. The Morgan fingerprint density at radius 1 is 1.38 bits per heavy atom. The van der Waals surface area contributed by atoms with Gasteiger partial charge in [0.15, 0.2) is 0 Å². The van der Waals surface area contributed by atoms with Gasteiger partial charge < -0.3 is 15.5 Å². The molecule has 1 aromatic rings. The Balaban J connectivity index is 2.21. The first-order chi connectivity index (χ1) is 10.0. The summed E-state index contributed by atoms with van der Waals surface area (Å²) in [6, 6.07) is 7.78. The third-order valence-corrected chi connectivity index (χ3v) is 4.71. The van der Waals surface area contributed by atoms with Crippen LogP contribution in [0.1, 0.15) is 37.3 Å². The van der Waals surface area contributed by atoms with E-state index in [4.69, 9.17) is 5.73 Å². The van der Waals surface area contributed by atoms with Crippen LogP contribution in [-0.2, 0) is 6.42 Å². The predicted molar refractivity (Wildman–Crippen MR) is 92.1 cm³/mol. The van der Waals surface area contributed by atoms with Gasteiger partial charge in [0.1, 0.15) is 0 Å². The Bertz CT molecular complexity index is 456. The first-order valence-electron chi connectivity index (χ1n) is 8.27. The van der Waals surface area contributed by atoms with Crippen LogP contribution in [0.3, 0.4) is 0 Å². The number of nitrogens with two attached hydrogens (primary N) is 1. The van der Waals surface area contributed by atoms with Crippen molar-refractivity contribution < 1.29 is 0 Å². The zero-order chi connectivity index (χ0) is 15.4. The summed E-state index contributed by atoms with van der Waals surface area (Å²) >= 11 is 0. The largest absolute Gasteiger partial charge is 0.370 e. The van der Waals surface area contributed by atoms with Gasteiger partial charge in [-0.3, -0.25) is 0 Å². The van der Waals surface area contributed by atoms with Crippen molar-refractivity contribution in [2.24, 2.45) is 5.73 Å². The summed E-state index contributed by atoms with van der Waals surface area (Å²) in [4.78, 5) is 4.92. The van der Waals surface area contributed by atoms with Crippen molar-refractivity contribution >= 4 is 5.69 Å². The van der Waals surface area contributed by atoms with Crippen molar-refractivity contribution in [1.82, 2.24) is 4.90 Å². The van der Waals surface area contributed by atoms with Crippen LogP contribution in [-0.4, -0.2) is 44.2 Å². The molecule has 1 aromatic carbocycles. The summed E-state index contributed by atoms with van der Waals surface area (Å²) in [6.45, 7) is 6.64. The van der Waals surface area contributed by atoms with E-state index in [2.05, 4.69) is 55.9 Å². The molecule has 1 saturated heterocycles. The fourth-order valence-electron chi connectivity index (χ4n) is 3.21. The molecule has 0 amide bonds. The van der Waals surface area contributed by atoms with Crippen molar-refractivity contribution in [1.29, 1.82) is 0 Å². The van der Waals surface area contributed by atoms with Gasteiger partial charge in [-0.05, 0) is 58.3 Å². The second-order valence-corrected chi connectivity index (χ2v) is 6.71. The van der Waals surface area contributed by atoms with Gasteiger partial charge in [0.05, 0.1) is 0 Å². The average Bonchev–Trinajstić information content (AvgIpc) is 2.47. The van der Waals surface area contributed by atoms with E-state index in [9.17, 15) is 0 Å². The number of piperidine rings is 1. The molecule has 0 aliphatic carbocycles. The maximum atomic E-state index is 6.20. The molecule has 2 unspecified atom stereocenters. The monoisotopic (exact) mass is 289 g/mol. The first-order valence-corrected chi connectivity index (χ1v) is 8.27. The number of rotatable bonds is 5. The minimum absolute atomic E-state index is 0.264. The Labute approximate surface area is 130 Å². The lowest BCUT2D eigenvalue weighted by Crippen LogP contribution is -2.45. The first kappa shape index (κ1) is 16.3. The second-order valence-electron chi connectivity index (χ2n) is 6.71. The van der Waals surface area contributed by atoms with Crippen LogP contribution < -0.4 is 10.6 Å². The number of likely N-dealkylation sites (N-methyl/N-ethyl adjacent to an activating group) is 1. The molecule has 1 aliphatic heterocycles. The smallest absolute Gasteiger partial charge is 0.0400 e. The van der Waals surface area contributed by atoms with Gasteiger partial charge in [-0.2, -0.15) is 0 Å². The summed E-state index contributed by atoms with van der Waals surface area (Å²) in [6.07, 6.45) is 4.60. The van der Waals surface area contributed by atoms with Crippen LogP contribution in [0.5, 0.6) is 0 Å². The summed E-state index contributed by atoms with van der Waals surface area (Å²) in [5.41, 5.74) is 10.4. The molecule has 2 N–H and O–H groups in total. The van der Waals surface area contributed by atoms with Gasteiger partial charge in [-0.15, -0.1) is 0 Å². The van der Waals surface area contributed by atoms with E-state index in [1.807, 2.05) is 0 Å². The quantitative estimate of drug-likeness (QED) is 0.904. The van der Waals surface area contributed by atoms with Crippen molar-refractivity contribution in [2.75, 3.05) is 32.1 Å². The molecular formula is C18H31N3. The third-order valence-electron chi connectivity index (χ3n) is 4.71. The second kappa shape index (κ2) is 7.28. The molecule has 0 radical (unpaired) electrons. The van der Waals surface area contributed by atoms with E-state index in [1.165, 1.54) is 36.2 Å². The molecule has 0 saturated carbocycles. The van der Waals surface area contributed by atoms with E-state index in [-0.39, 0.29) is 6.04 Å². The third kappa shape index (κ3) is 4.21. The number of benzene rings is 1. The number of anilines is 1.